The van der Waals surface area contributed by atoms with Crippen molar-refractivity contribution in [3.63, 3.8) is 0 Å². The third kappa shape index (κ3) is 5.21. The van der Waals surface area contributed by atoms with Gasteiger partial charge in [0.25, 0.3) is 5.78 Å². The van der Waals surface area contributed by atoms with Gasteiger partial charge in [-0.1, -0.05) is 108 Å². The maximum absolute atomic E-state index is 13.5. The van der Waals surface area contributed by atoms with Gasteiger partial charge in [-0.3, -0.25) is 14.5 Å². The quantitative estimate of drug-likeness (QED) is 0.0695. The van der Waals surface area contributed by atoms with Gasteiger partial charge in [0.05, 0.1) is 18.2 Å². The Morgan fingerprint density at radius 3 is 2.54 bits per heavy atom. The molecule has 9 heteroatoms. The zero-order valence-electron chi connectivity index (χ0n) is 22.1. The van der Waals surface area contributed by atoms with Crippen LogP contribution in [-0.4, -0.2) is 33.6 Å². The van der Waals surface area contributed by atoms with E-state index in [1.807, 2.05) is 43.3 Å². The average molecular weight is 580 g/mol. The number of nitrogens with zero attached hydrogens (tertiary/aromatic N) is 3. The SMILES string of the molecule is CCOc1cccc(C2/C(=C(\O)c3ccccc3)C(=O)C(=O)N2c2nnc(SCc3cccc4ccccc34)s2)c1. The maximum Gasteiger partial charge on any atom is 0.301 e. The molecule has 7 nitrogen and oxygen atoms in total. The second kappa shape index (κ2) is 11.6. The topological polar surface area (TPSA) is 92.6 Å². The smallest absolute Gasteiger partial charge is 0.301 e. The first-order chi connectivity index (χ1) is 20.0. The van der Waals surface area contributed by atoms with Crippen molar-refractivity contribution in [3.05, 3.63) is 119 Å². The fourth-order valence-electron chi connectivity index (χ4n) is 4.95. The third-order valence-corrected chi connectivity index (χ3v) is 8.91. The van der Waals surface area contributed by atoms with Gasteiger partial charge in [-0.2, -0.15) is 0 Å². The molecule has 2 heterocycles. The van der Waals surface area contributed by atoms with Crippen LogP contribution in [0.25, 0.3) is 16.5 Å². The molecule has 1 fully saturated rings. The summed E-state index contributed by atoms with van der Waals surface area (Å²) < 4.78 is 6.36. The lowest BCUT2D eigenvalue weighted by Gasteiger charge is -2.23. The van der Waals surface area contributed by atoms with Crippen molar-refractivity contribution in [2.75, 3.05) is 11.5 Å². The largest absolute Gasteiger partial charge is 0.507 e. The van der Waals surface area contributed by atoms with Crippen molar-refractivity contribution in [1.82, 2.24) is 10.2 Å². The highest BCUT2D eigenvalue weighted by molar-refractivity contribution is 8.00. The Labute approximate surface area is 245 Å². The van der Waals surface area contributed by atoms with Gasteiger partial charge in [0, 0.05) is 11.3 Å². The van der Waals surface area contributed by atoms with E-state index in [9.17, 15) is 14.7 Å². The van der Waals surface area contributed by atoms with E-state index >= 15 is 0 Å². The Morgan fingerprint density at radius 1 is 0.951 bits per heavy atom. The average Bonchev–Trinajstić information content (AvgIpc) is 3.58. The number of ketones is 1. The molecule has 1 unspecified atom stereocenters. The summed E-state index contributed by atoms with van der Waals surface area (Å²) in [6, 6.07) is 29.5. The van der Waals surface area contributed by atoms with Crippen molar-refractivity contribution in [3.8, 4) is 5.75 Å². The molecular formula is C32H25N3O4S2. The highest BCUT2D eigenvalue weighted by atomic mass is 32.2. The molecule has 0 bridgehead atoms. The number of benzene rings is 4. The maximum atomic E-state index is 13.5. The number of aliphatic hydroxyl groups excluding tert-OH is 1. The Kier molecular flexibility index (Phi) is 7.54. The van der Waals surface area contributed by atoms with Crippen LogP contribution in [0.15, 0.2) is 107 Å². The van der Waals surface area contributed by atoms with Gasteiger partial charge < -0.3 is 9.84 Å². The predicted molar refractivity (Wildman–Crippen MR) is 162 cm³/mol. The molecule has 1 aliphatic rings. The van der Waals surface area contributed by atoms with Crippen LogP contribution < -0.4 is 9.64 Å². The molecule has 0 aliphatic carbocycles. The molecule has 1 amide bonds. The van der Waals surface area contributed by atoms with E-state index in [0.29, 0.717) is 33.6 Å². The summed E-state index contributed by atoms with van der Waals surface area (Å²) >= 11 is 2.76. The van der Waals surface area contributed by atoms with Gasteiger partial charge in [0.15, 0.2) is 4.34 Å². The monoisotopic (exact) mass is 579 g/mol. The molecule has 1 atom stereocenters. The highest BCUT2D eigenvalue weighted by Gasteiger charge is 2.48. The first kappa shape index (κ1) is 26.7. The van der Waals surface area contributed by atoms with Crippen LogP contribution in [0.4, 0.5) is 5.13 Å². The van der Waals surface area contributed by atoms with E-state index in [2.05, 4.69) is 34.5 Å². The van der Waals surface area contributed by atoms with Crippen LogP contribution in [-0.2, 0) is 15.3 Å². The molecule has 1 N–H and O–H groups in total. The van der Waals surface area contributed by atoms with Crippen LogP contribution in [0.1, 0.15) is 29.7 Å². The molecular weight excluding hydrogens is 555 g/mol. The summed E-state index contributed by atoms with van der Waals surface area (Å²) in [6.45, 7) is 2.34. The molecule has 204 valence electrons. The van der Waals surface area contributed by atoms with Gasteiger partial charge in [0.1, 0.15) is 11.5 Å². The van der Waals surface area contributed by atoms with Gasteiger partial charge in [0.2, 0.25) is 5.13 Å². The Hall–Kier alpha value is -4.47. The van der Waals surface area contributed by atoms with E-state index in [1.54, 1.807) is 36.4 Å². The standard InChI is InChI=1S/C32H25N3O4S2/c1-2-39-24-16-9-14-22(18-24)27-26(28(36)21-11-4-3-5-12-21)29(37)30(38)35(27)31-33-34-32(41-31)40-19-23-15-8-13-20-10-6-7-17-25(20)23/h3-18,27,36H,2,19H2,1H3/b28-26+. The zero-order chi connectivity index (χ0) is 28.3. The third-order valence-electron chi connectivity index (χ3n) is 6.81. The van der Waals surface area contributed by atoms with Gasteiger partial charge in [-0.05, 0) is 41.0 Å². The number of fused-ring (bicyclic) bond motifs is 1. The predicted octanol–water partition coefficient (Wildman–Crippen LogP) is 7.01. The number of thioether (sulfide) groups is 1. The number of anilines is 1. The minimum atomic E-state index is -0.903. The summed E-state index contributed by atoms with van der Waals surface area (Å²) in [5, 5.41) is 22.6. The lowest BCUT2D eigenvalue weighted by molar-refractivity contribution is -0.132. The number of hydrogen-bond acceptors (Lipinski definition) is 8. The summed E-state index contributed by atoms with van der Waals surface area (Å²) in [4.78, 5) is 28.3. The van der Waals surface area contributed by atoms with Crippen LogP contribution in [0.5, 0.6) is 5.75 Å². The van der Waals surface area contributed by atoms with Crippen molar-refractivity contribution < 1.29 is 19.4 Å². The first-order valence-electron chi connectivity index (χ1n) is 13.1. The molecule has 0 radical (unpaired) electrons. The fraction of sp³-hybridized carbons (Fsp3) is 0.125. The molecule has 1 saturated heterocycles. The van der Waals surface area contributed by atoms with Crippen LogP contribution in [0, 0.1) is 0 Å². The van der Waals surface area contributed by atoms with Gasteiger partial charge in [-0.25, -0.2) is 0 Å². The van der Waals surface area contributed by atoms with Gasteiger partial charge in [-0.15, -0.1) is 10.2 Å². The first-order valence-corrected chi connectivity index (χ1v) is 14.9. The number of aromatic nitrogens is 2. The molecule has 0 spiro atoms. The Balaban J connectivity index is 1.37. The second-order valence-corrected chi connectivity index (χ2v) is 11.5. The van der Waals surface area contributed by atoms with Crippen molar-refractivity contribution in [2.45, 2.75) is 23.1 Å². The number of amides is 1. The number of carbonyl (C=O) groups is 2. The van der Waals surface area contributed by atoms with E-state index in [1.165, 1.54) is 44.3 Å². The number of ether oxygens (including phenoxy) is 1. The normalized spacial score (nSPS) is 16.4. The highest BCUT2D eigenvalue weighted by Crippen LogP contribution is 2.44. The number of Topliss-reactive ketones (excluding diaryl/α,β-unsaturated/α-hetero) is 1. The fourth-order valence-corrected chi connectivity index (χ4v) is 6.83. The Bertz CT molecular complexity index is 1780. The molecule has 0 saturated carbocycles. The van der Waals surface area contributed by atoms with Crippen LogP contribution in [0.3, 0.4) is 0 Å². The van der Waals surface area contributed by atoms with Crippen molar-refractivity contribution >= 4 is 56.5 Å². The lowest BCUT2D eigenvalue weighted by atomic mass is 9.95. The summed E-state index contributed by atoms with van der Waals surface area (Å²) in [6.07, 6.45) is 0. The zero-order valence-corrected chi connectivity index (χ0v) is 23.7. The number of aliphatic hydroxyl groups is 1. The molecule has 41 heavy (non-hydrogen) atoms. The second-order valence-electron chi connectivity index (χ2n) is 9.32. The molecule has 4 aromatic carbocycles. The van der Waals surface area contributed by atoms with Gasteiger partial charge >= 0.3 is 5.91 Å². The summed E-state index contributed by atoms with van der Waals surface area (Å²) in [7, 11) is 0. The van der Waals surface area contributed by atoms with Crippen molar-refractivity contribution in [2.24, 2.45) is 0 Å². The Morgan fingerprint density at radius 2 is 1.71 bits per heavy atom. The minimum Gasteiger partial charge on any atom is -0.507 e. The molecule has 6 rings (SSSR count). The summed E-state index contributed by atoms with van der Waals surface area (Å²) in [5.41, 5.74) is 2.23. The van der Waals surface area contributed by atoms with Crippen LogP contribution in [0.2, 0.25) is 0 Å². The molecule has 1 aromatic heterocycles. The number of rotatable bonds is 8. The van der Waals surface area contributed by atoms with E-state index in [0.717, 1.165) is 0 Å². The molecule has 1 aliphatic heterocycles. The van der Waals surface area contributed by atoms with E-state index in [-0.39, 0.29) is 16.5 Å². The lowest BCUT2D eigenvalue weighted by Crippen LogP contribution is -2.29. The van der Waals surface area contributed by atoms with Crippen molar-refractivity contribution in [1.29, 1.82) is 0 Å². The minimum absolute atomic E-state index is 0.00462. The molecule has 5 aromatic rings. The summed E-state index contributed by atoms with van der Waals surface area (Å²) in [5.74, 6) is -0.524. The van der Waals surface area contributed by atoms with E-state index < -0.39 is 17.7 Å². The van der Waals surface area contributed by atoms with Crippen LogP contribution >= 0.6 is 23.1 Å². The number of carbonyl (C=O) groups excluding carboxylic acids is 2. The number of hydrogen-bond donors (Lipinski definition) is 1. The van der Waals surface area contributed by atoms with E-state index in [4.69, 9.17) is 4.74 Å².